The summed E-state index contributed by atoms with van der Waals surface area (Å²) >= 11 is 11.6. The summed E-state index contributed by atoms with van der Waals surface area (Å²) in [5.41, 5.74) is 4.66. The van der Waals surface area contributed by atoms with Gasteiger partial charge in [-0.25, -0.2) is 0 Å². The maximum absolute atomic E-state index is 13.3. The fourth-order valence-electron chi connectivity index (χ4n) is 3.93. The van der Waals surface area contributed by atoms with Crippen molar-refractivity contribution in [3.63, 3.8) is 0 Å². The van der Waals surface area contributed by atoms with Crippen molar-refractivity contribution in [2.45, 2.75) is 31.8 Å². The van der Waals surface area contributed by atoms with Gasteiger partial charge in [0, 0.05) is 46.4 Å². The Hall–Kier alpha value is -2.63. The first-order valence-electron chi connectivity index (χ1n) is 10.3. The number of ketones is 1. The molecular formula is C24H24Cl2N4O. The summed E-state index contributed by atoms with van der Waals surface area (Å²) in [4.78, 5) is 13.3. The number of rotatable bonds is 7. The Morgan fingerprint density at radius 1 is 0.871 bits per heavy atom. The lowest BCUT2D eigenvalue weighted by atomic mass is 9.77. The molecular weight excluding hydrogens is 431 g/mol. The van der Waals surface area contributed by atoms with Crippen LogP contribution in [0.4, 0.5) is 0 Å². The molecule has 0 amide bonds. The van der Waals surface area contributed by atoms with Crippen LogP contribution in [0.15, 0.2) is 66.3 Å². The minimum Gasteiger partial charge on any atom is -0.289 e. The predicted molar refractivity (Wildman–Crippen MR) is 125 cm³/mol. The van der Waals surface area contributed by atoms with Crippen molar-refractivity contribution in [1.82, 2.24) is 19.6 Å². The van der Waals surface area contributed by atoms with Gasteiger partial charge >= 0.3 is 0 Å². The second-order valence-corrected chi connectivity index (χ2v) is 8.39. The number of allylic oxidation sites excluding steroid dienone is 2. The summed E-state index contributed by atoms with van der Waals surface area (Å²) in [5.74, 6) is 1.32. The van der Waals surface area contributed by atoms with Crippen LogP contribution in [0, 0.1) is 0 Å². The maximum atomic E-state index is 13.3. The standard InChI is InChI=1S/C24H24Cl2N4O/c25-6-8-29-16-18(14-27-29)10-22-12-21(20-4-2-1-3-5-20)13-23(24(22)31)11-19-15-28-30(17-19)9-7-26/h1-5,10-11,14-17,21H,6-9,12-13H2. The van der Waals surface area contributed by atoms with E-state index in [1.807, 2.05) is 42.7 Å². The molecule has 2 aromatic heterocycles. The lowest BCUT2D eigenvalue weighted by Crippen LogP contribution is -2.18. The van der Waals surface area contributed by atoms with Gasteiger partial charge in [-0.1, -0.05) is 30.3 Å². The largest absolute Gasteiger partial charge is 0.289 e. The fraction of sp³-hybridized carbons (Fsp3) is 0.292. The highest BCUT2D eigenvalue weighted by Crippen LogP contribution is 2.38. The molecule has 0 bridgehead atoms. The van der Waals surface area contributed by atoms with Gasteiger partial charge in [-0.05, 0) is 36.5 Å². The van der Waals surface area contributed by atoms with E-state index in [0.29, 0.717) is 37.7 Å². The lowest BCUT2D eigenvalue weighted by molar-refractivity contribution is -0.113. The summed E-state index contributed by atoms with van der Waals surface area (Å²) < 4.78 is 3.59. The smallest absolute Gasteiger partial charge is 0.185 e. The third-order valence-electron chi connectivity index (χ3n) is 5.40. The van der Waals surface area contributed by atoms with Crippen molar-refractivity contribution in [3.8, 4) is 0 Å². The van der Waals surface area contributed by atoms with Crippen molar-refractivity contribution < 1.29 is 4.79 Å². The van der Waals surface area contributed by atoms with Crippen LogP contribution < -0.4 is 0 Å². The van der Waals surface area contributed by atoms with Crippen LogP contribution in [0.5, 0.6) is 0 Å². The molecule has 31 heavy (non-hydrogen) atoms. The molecule has 1 saturated carbocycles. The van der Waals surface area contributed by atoms with Crippen LogP contribution in [0.3, 0.4) is 0 Å². The molecule has 0 N–H and O–H groups in total. The zero-order valence-electron chi connectivity index (χ0n) is 17.1. The summed E-state index contributed by atoms with van der Waals surface area (Å²) in [6.07, 6.45) is 12.7. The number of aryl methyl sites for hydroxylation is 2. The molecule has 1 aromatic carbocycles. The Labute approximate surface area is 192 Å². The van der Waals surface area contributed by atoms with Gasteiger partial charge in [-0.15, -0.1) is 23.2 Å². The molecule has 2 heterocycles. The number of aromatic nitrogens is 4. The van der Waals surface area contributed by atoms with E-state index in [2.05, 4.69) is 22.3 Å². The summed E-state index contributed by atoms with van der Waals surface area (Å²) in [6, 6.07) is 10.4. The van der Waals surface area contributed by atoms with Gasteiger partial charge in [0.25, 0.3) is 0 Å². The normalized spacial score (nSPS) is 19.4. The van der Waals surface area contributed by atoms with E-state index in [1.54, 1.807) is 21.8 Å². The highest BCUT2D eigenvalue weighted by molar-refractivity contribution is 6.18. The summed E-state index contributed by atoms with van der Waals surface area (Å²) in [5, 5.41) is 8.64. The Balaban J connectivity index is 1.67. The minimum atomic E-state index is 0.0855. The Morgan fingerprint density at radius 2 is 1.39 bits per heavy atom. The molecule has 4 rings (SSSR count). The molecule has 0 saturated heterocycles. The predicted octanol–water partition coefficient (Wildman–Crippen LogP) is 5.17. The Kier molecular flexibility index (Phi) is 7.05. The zero-order valence-corrected chi connectivity index (χ0v) is 18.6. The summed E-state index contributed by atoms with van der Waals surface area (Å²) in [7, 11) is 0. The van der Waals surface area contributed by atoms with Crippen LogP contribution in [-0.4, -0.2) is 37.1 Å². The van der Waals surface area contributed by atoms with Gasteiger partial charge < -0.3 is 0 Å². The van der Waals surface area contributed by atoms with Gasteiger partial charge in [-0.2, -0.15) is 10.2 Å². The van der Waals surface area contributed by atoms with E-state index in [1.165, 1.54) is 5.56 Å². The Bertz CT molecular complexity index is 1030. The van der Waals surface area contributed by atoms with Crippen molar-refractivity contribution in [2.24, 2.45) is 0 Å². The van der Waals surface area contributed by atoms with Crippen LogP contribution in [-0.2, 0) is 17.9 Å². The number of carbonyl (C=O) groups excluding carboxylic acids is 1. The highest BCUT2D eigenvalue weighted by atomic mass is 35.5. The van der Waals surface area contributed by atoms with Crippen molar-refractivity contribution in [3.05, 3.63) is 83.0 Å². The molecule has 1 aliphatic rings. The number of hydrogen-bond acceptors (Lipinski definition) is 3. The molecule has 1 fully saturated rings. The van der Waals surface area contributed by atoms with Gasteiger partial charge in [0.1, 0.15) is 0 Å². The molecule has 1 aliphatic carbocycles. The van der Waals surface area contributed by atoms with Crippen LogP contribution >= 0.6 is 23.2 Å². The van der Waals surface area contributed by atoms with Gasteiger partial charge in [0.05, 0.1) is 25.5 Å². The number of alkyl halides is 2. The van der Waals surface area contributed by atoms with E-state index in [4.69, 9.17) is 23.2 Å². The molecule has 5 nitrogen and oxygen atoms in total. The first kappa shape index (κ1) is 21.6. The first-order chi connectivity index (χ1) is 15.2. The van der Waals surface area contributed by atoms with Gasteiger partial charge in [0.15, 0.2) is 5.78 Å². The number of hydrogen-bond donors (Lipinski definition) is 0. The number of nitrogens with zero attached hydrogens (tertiary/aromatic N) is 4. The van der Waals surface area contributed by atoms with E-state index in [9.17, 15) is 4.79 Å². The molecule has 7 heteroatoms. The van der Waals surface area contributed by atoms with Crippen molar-refractivity contribution in [1.29, 1.82) is 0 Å². The molecule has 160 valence electrons. The number of Topliss-reactive ketones (excluding diaryl/α,β-unsaturated/α-hetero) is 1. The fourth-order valence-corrected chi connectivity index (χ4v) is 4.28. The molecule has 0 radical (unpaired) electrons. The second kappa shape index (κ2) is 10.1. The van der Waals surface area contributed by atoms with Crippen molar-refractivity contribution in [2.75, 3.05) is 11.8 Å². The van der Waals surface area contributed by atoms with Crippen LogP contribution in [0.2, 0.25) is 0 Å². The van der Waals surface area contributed by atoms with E-state index >= 15 is 0 Å². The van der Waals surface area contributed by atoms with E-state index < -0.39 is 0 Å². The number of halogens is 2. The second-order valence-electron chi connectivity index (χ2n) is 7.64. The lowest BCUT2D eigenvalue weighted by Gasteiger charge is -2.26. The molecule has 0 unspecified atom stereocenters. The molecule has 0 atom stereocenters. The van der Waals surface area contributed by atoms with E-state index in [0.717, 1.165) is 22.3 Å². The zero-order chi connectivity index (χ0) is 21.6. The summed E-state index contributed by atoms with van der Waals surface area (Å²) in [6.45, 7) is 1.28. The monoisotopic (exact) mass is 454 g/mol. The highest BCUT2D eigenvalue weighted by Gasteiger charge is 2.29. The van der Waals surface area contributed by atoms with Crippen molar-refractivity contribution >= 4 is 41.1 Å². The molecule has 3 aromatic rings. The SMILES string of the molecule is O=C1C(=Cc2cnn(CCCl)c2)CC(c2ccccc2)CC1=Cc1cnn(CCCl)c1. The third kappa shape index (κ3) is 5.35. The average Bonchev–Trinajstić information content (AvgIpc) is 3.41. The maximum Gasteiger partial charge on any atom is 0.185 e. The van der Waals surface area contributed by atoms with Crippen LogP contribution in [0.25, 0.3) is 12.2 Å². The molecule has 0 aliphatic heterocycles. The van der Waals surface area contributed by atoms with Gasteiger partial charge in [0.2, 0.25) is 0 Å². The third-order valence-corrected chi connectivity index (χ3v) is 5.74. The topological polar surface area (TPSA) is 52.7 Å². The molecule has 0 spiro atoms. The van der Waals surface area contributed by atoms with E-state index in [-0.39, 0.29) is 11.7 Å². The minimum absolute atomic E-state index is 0.0855. The number of benzene rings is 1. The van der Waals surface area contributed by atoms with Gasteiger partial charge in [-0.3, -0.25) is 14.2 Å². The Morgan fingerprint density at radius 3 is 1.87 bits per heavy atom. The average molecular weight is 455 g/mol. The van der Waals surface area contributed by atoms with Crippen LogP contribution in [0.1, 0.15) is 35.4 Å². The first-order valence-corrected chi connectivity index (χ1v) is 11.4. The number of carbonyl (C=O) groups is 1. The quantitative estimate of drug-likeness (QED) is 0.365.